The minimum atomic E-state index is 0. The quantitative estimate of drug-likeness (QED) is 0.332. The molecule has 0 saturated heterocycles. The van der Waals surface area contributed by atoms with Gasteiger partial charge in [0.1, 0.15) is 0 Å². The Balaban J connectivity index is 0. The van der Waals surface area contributed by atoms with Crippen molar-refractivity contribution in [3.63, 3.8) is 0 Å². The van der Waals surface area contributed by atoms with Gasteiger partial charge >= 0.3 is 50.4 Å². The molecule has 0 saturated carbocycles. The van der Waals surface area contributed by atoms with Crippen LogP contribution < -0.4 is 0 Å². The van der Waals surface area contributed by atoms with Gasteiger partial charge in [0.2, 0.25) is 0 Å². The van der Waals surface area contributed by atoms with Gasteiger partial charge in [-0.25, -0.2) is 0 Å². The molecular weight excluding hydrogens is 436 g/mol. The SMILES string of the molecule is O.O.O.O.[H-].[H-].[Mg+2].[Nb].[PbH2].[Ti]. The van der Waals surface area contributed by atoms with Crippen LogP contribution in [0.4, 0.5) is 0 Å². The summed E-state index contributed by atoms with van der Waals surface area (Å²) in [4.78, 5) is 0. The molecule has 8 heteroatoms. The smallest absolute Gasteiger partial charge is 0 e. The van der Waals surface area contributed by atoms with E-state index < -0.39 is 0 Å². The molecule has 3 radical (unpaired) electrons. The molecule has 0 aliphatic heterocycles. The number of hydrogen-bond donors (Lipinski definition) is 0. The summed E-state index contributed by atoms with van der Waals surface area (Å²) in [7, 11) is 0. The van der Waals surface area contributed by atoms with Crippen LogP contribution in [0.15, 0.2) is 0 Å². The molecular formula is H12MgNbO4PbTi. The number of hydrogen-bond acceptors (Lipinski definition) is 0. The second kappa shape index (κ2) is 90.5. The monoisotopic (exact) mass is 449 g/mol. The predicted octanol–water partition coefficient (Wildman–Crippen LogP) is -4.38. The van der Waals surface area contributed by atoms with Gasteiger partial charge in [0.05, 0.1) is 0 Å². The van der Waals surface area contributed by atoms with Crippen LogP contribution in [0.5, 0.6) is 0 Å². The molecule has 0 spiro atoms. The maximum Gasteiger partial charge on any atom is 0 e. The summed E-state index contributed by atoms with van der Waals surface area (Å²) in [5, 5.41) is 0. The van der Waals surface area contributed by atoms with E-state index in [0.717, 1.165) is 0 Å². The molecule has 8 heavy (non-hydrogen) atoms. The molecule has 0 bridgehead atoms. The van der Waals surface area contributed by atoms with Crippen molar-refractivity contribution in [2.24, 2.45) is 0 Å². The molecule has 0 amide bonds. The van der Waals surface area contributed by atoms with E-state index in [4.69, 9.17) is 0 Å². The van der Waals surface area contributed by atoms with Crippen LogP contribution in [0.1, 0.15) is 2.85 Å². The Labute approximate surface area is 117 Å². The van der Waals surface area contributed by atoms with Crippen LogP contribution in [0.3, 0.4) is 0 Å². The van der Waals surface area contributed by atoms with E-state index in [9.17, 15) is 0 Å². The van der Waals surface area contributed by atoms with Crippen molar-refractivity contribution in [1.29, 1.82) is 0 Å². The van der Waals surface area contributed by atoms with Crippen LogP contribution in [0.25, 0.3) is 0 Å². The van der Waals surface area contributed by atoms with Gasteiger partial charge in [0.25, 0.3) is 0 Å². The van der Waals surface area contributed by atoms with Crippen LogP contribution >= 0.6 is 0 Å². The molecule has 0 heterocycles. The minimum Gasteiger partial charge on any atom is 0 e. The van der Waals surface area contributed by atoms with Crippen molar-refractivity contribution in [1.82, 2.24) is 0 Å². The fourth-order valence-corrected chi connectivity index (χ4v) is 0. The predicted molar refractivity (Wildman–Crippen MR) is 31.0 cm³/mol. The molecule has 4 nitrogen and oxygen atoms in total. The van der Waals surface area contributed by atoms with E-state index in [0.29, 0.717) is 0 Å². The van der Waals surface area contributed by atoms with E-state index in [-0.39, 0.29) is 119 Å². The molecule has 0 aromatic carbocycles. The first kappa shape index (κ1) is 123. The molecule has 0 rings (SSSR count). The summed E-state index contributed by atoms with van der Waals surface area (Å²) in [5.74, 6) is 0. The third kappa shape index (κ3) is 64.3. The van der Waals surface area contributed by atoms with Gasteiger partial charge in [-0.15, -0.1) is 0 Å². The Morgan fingerprint density at radius 2 is 0.750 bits per heavy atom. The summed E-state index contributed by atoms with van der Waals surface area (Å²) in [6, 6.07) is 0. The van der Waals surface area contributed by atoms with E-state index in [1.54, 1.807) is 0 Å². The van der Waals surface area contributed by atoms with Gasteiger partial charge in [-0.05, 0) is 0 Å². The van der Waals surface area contributed by atoms with Gasteiger partial charge in [0, 0.05) is 44.1 Å². The summed E-state index contributed by atoms with van der Waals surface area (Å²) >= 11 is 0. The van der Waals surface area contributed by atoms with Crippen molar-refractivity contribution in [3.05, 3.63) is 0 Å². The molecule has 0 aromatic heterocycles. The summed E-state index contributed by atoms with van der Waals surface area (Å²) in [5.41, 5.74) is 0. The fraction of sp³-hybridized carbons (Fsp3) is 0. The largest absolute Gasteiger partial charge is 0 e. The summed E-state index contributed by atoms with van der Waals surface area (Å²) in [6.07, 6.45) is 0. The first-order chi connectivity index (χ1) is 0. The third-order valence-electron chi connectivity index (χ3n) is 0. The fourth-order valence-electron chi connectivity index (χ4n) is 0. The summed E-state index contributed by atoms with van der Waals surface area (Å²) < 4.78 is 0. The van der Waals surface area contributed by atoms with E-state index in [1.165, 1.54) is 0 Å². The third-order valence-corrected chi connectivity index (χ3v) is 0. The van der Waals surface area contributed by atoms with Gasteiger partial charge in [0.15, 0.2) is 0 Å². The molecule has 8 N–H and O–H groups in total. The Morgan fingerprint density at radius 1 is 0.750 bits per heavy atom. The van der Waals surface area contributed by atoms with E-state index >= 15 is 0 Å². The molecule has 0 unspecified atom stereocenters. The molecule has 0 aromatic rings. The van der Waals surface area contributed by atoms with Crippen LogP contribution in [0, 0.1) is 0 Å². The molecule has 51 valence electrons. The Bertz CT molecular complexity index is 23.2. The normalized spacial score (nSPS) is 0. The van der Waals surface area contributed by atoms with Gasteiger partial charge in [-0.1, -0.05) is 0 Å². The van der Waals surface area contributed by atoms with Gasteiger partial charge in [-0.2, -0.15) is 0 Å². The Morgan fingerprint density at radius 3 is 0.750 bits per heavy atom. The molecule has 0 atom stereocenters. The molecule has 0 fully saturated rings. The second-order valence-corrected chi connectivity index (χ2v) is 0. The zero-order valence-electron chi connectivity index (χ0n) is 6.36. The maximum atomic E-state index is 0. The minimum absolute atomic E-state index is 0. The van der Waals surface area contributed by atoms with E-state index in [1.807, 2.05) is 0 Å². The van der Waals surface area contributed by atoms with E-state index in [2.05, 4.69) is 0 Å². The van der Waals surface area contributed by atoms with Crippen molar-refractivity contribution >= 4 is 50.4 Å². The molecule has 0 aliphatic carbocycles. The zero-order valence-corrected chi connectivity index (χ0v) is 15.0. The molecule has 0 aliphatic rings. The van der Waals surface area contributed by atoms with Crippen molar-refractivity contribution in [2.45, 2.75) is 0 Å². The van der Waals surface area contributed by atoms with Crippen molar-refractivity contribution in [2.75, 3.05) is 0 Å². The Kier molecular flexibility index (Phi) is 1390. The van der Waals surface area contributed by atoms with Crippen LogP contribution in [0.2, 0.25) is 0 Å². The van der Waals surface area contributed by atoms with Crippen molar-refractivity contribution < 1.29 is 68.9 Å². The van der Waals surface area contributed by atoms with Crippen LogP contribution in [-0.4, -0.2) is 72.3 Å². The van der Waals surface area contributed by atoms with Crippen molar-refractivity contribution in [3.8, 4) is 0 Å². The topological polar surface area (TPSA) is 126 Å². The average Bonchev–Trinajstić information content (AvgIpc) is 0. The number of rotatable bonds is 0. The maximum absolute atomic E-state index is 0. The second-order valence-electron chi connectivity index (χ2n) is 0. The first-order valence-electron chi connectivity index (χ1n) is 0. The standard InChI is InChI=1S/Mg.Nb.4H2O.Pb.Ti.4H/h;;4*1H2;;;;;;/q+2;;;;;;;;;;2*-1. The first-order valence-corrected chi connectivity index (χ1v) is 0. The van der Waals surface area contributed by atoms with Crippen LogP contribution in [-0.2, 0) is 44.1 Å². The van der Waals surface area contributed by atoms with Gasteiger partial charge < -0.3 is 24.8 Å². The van der Waals surface area contributed by atoms with Gasteiger partial charge in [-0.3, -0.25) is 0 Å². The summed E-state index contributed by atoms with van der Waals surface area (Å²) in [6.45, 7) is 0. The zero-order chi connectivity index (χ0) is 0. The Hall–Kier alpha value is 2.98. The average molecular weight is 448 g/mol.